The van der Waals surface area contributed by atoms with Crippen LogP contribution in [0.4, 0.5) is 5.00 Å². The van der Waals surface area contributed by atoms with Crippen molar-refractivity contribution in [1.29, 1.82) is 0 Å². The molecule has 3 rings (SSSR count). The second kappa shape index (κ2) is 7.37. The maximum atomic E-state index is 12.1. The molecule has 3 N–H and O–H groups in total. The minimum atomic E-state index is -0.541. The van der Waals surface area contributed by atoms with Crippen LogP contribution in [-0.2, 0) is 22.4 Å². The summed E-state index contributed by atoms with van der Waals surface area (Å²) >= 11 is 2.69. The van der Waals surface area contributed by atoms with Crippen molar-refractivity contribution in [3.8, 4) is 0 Å². The Labute approximate surface area is 153 Å². The monoisotopic (exact) mass is 378 g/mol. The van der Waals surface area contributed by atoms with Gasteiger partial charge in [-0.3, -0.25) is 9.59 Å². The van der Waals surface area contributed by atoms with Gasteiger partial charge in [-0.2, -0.15) is 0 Å². The average molecular weight is 378 g/mol. The Morgan fingerprint density at radius 2 is 1.96 bits per heavy atom. The number of carbonyl (C=O) groups excluding carboxylic acids is 3. The maximum absolute atomic E-state index is 12.1. The number of primary amides is 1. The molecule has 2 aromatic rings. The Morgan fingerprint density at radius 1 is 1.20 bits per heavy atom. The van der Waals surface area contributed by atoms with Crippen LogP contribution >= 0.6 is 22.7 Å². The van der Waals surface area contributed by atoms with E-state index in [-0.39, 0.29) is 0 Å². The van der Waals surface area contributed by atoms with Gasteiger partial charge in [-0.05, 0) is 50.3 Å². The summed E-state index contributed by atoms with van der Waals surface area (Å²) in [6, 6.07) is 3.48. The third-order valence-electron chi connectivity index (χ3n) is 3.95. The van der Waals surface area contributed by atoms with Crippen LogP contribution in [0.3, 0.4) is 0 Å². The Balaban J connectivity index is 1.66. The van der Waals surface area contributed by atoms with Gasteiger partial charge in [0.05, 0.1) is 5.56 Å². The number of ether oxygens (including phenoxy) is 1. The van der Waals surface area contributed by atoms with Gasteiger partial charge in [-0.1, -0.05) is 0 Å². The Hall–Kier alpha value is -2.19. The summed E-state index contributed by atoms with van der Waals surface area (Å²) in [5.41, 5.74) is 6.84. The fourth-order valence-electron chi connectivity index (χ4n) is 2.82. The molecular formula is C17H18N2O4S2. The van der Waals surface area contributed by atoms with Crippen LogP contribution in [-0.4, -0.2) is 24.4 Å². The van der Waals surface area contributed by atoms with Crippen molar-refractivity contribution in [3.63, 3.8) is 0 Å². The lowest BCUT2D eigenvalue weighted by Crippen LogP contribution is -2.22. The highest BCUT2D eigenvalue weighted by atomic mass is 32.1. The van der Waals surface area contributed by atoms with Gasteiger partial charge >= 0.3 is 5.97 Å². The number of thiophene rings is 2. The number of amides is 2. The maximum Gasteiger partial charge on any atom is 0.348 e. The number of nitrogens with two attached hydrogens (primary N) is 1. The minimum Gasteiger partial charge on any atom is -0.451 e. The molecule has 6 nitrogen and oxygen atoms in total. The highest BCUT2D eigenvalue weighted by molar-refractivity contribution is 7.17. The van der Waals surface area contributed by atoms with Gasteiger partial charge in [-0.15, -0.1) is 22.7 Å². The molecule has 1 aliphatic carbocycles. The number of hydrogen-bond acceptors (Lipinski definition) is 6. The average Bonchev–Trinajstić information content (AvgIpc) is 3.15. The second-order valence-electron chi connectivity index (χ2n) is 5.81. The number of carbonyl (C=O) groups is 3. The minimum absolute atomic E-state index is 0.397. The van der Waals surface area contributed by atoms with Gasteiger partial charge in [0, 0.05) is 9.75 Å². The second-order valence-corrected chi connectivity index (χ2v) is 8.21. The van der Waals surface area contributed by atoms with Crippen molar-refractivity contribution in [2.45, 2.75) is 32.6 Å². The first kappa shape index (κ1) is 17.6. The van der Waals surface area contributed by atoms with E-state index in [1.165, 1.54) is 22.7 Å². The van der Waals surface area contributed by atoms with Crippen molar-refractivity contribution >= 4 is 45.5 Å². The molecule has 8 heteroatoms. The van der Waals surface area contributed by atoms with Crippen molar-refractivity contribution in [3.05, 3.63) is 37.9 Å². The number of aryl methyl sites for hydroxylation is 2. The molecule has 0 unspecified atom stereocenters. The summed E-state index contributed by atoms with van der Waals surface area (Å²) < 4.78 is 5.03. The Morgan fingerprint density at radius 3 is 2.64 bits per heavy atom. The normalized spacial score (nSPS) is 13.2. The fraction of sp³-hybridized carbons (Fsp3) is 0.353. The molecule has 132 valence electrons. The van der Waals surface area contributed by atoms with Gasteiger partial charge in [0.1, 0.15) is 9.88 Å². The first-order valence-electron chi connectivity index (χ1n) is 7.93. The molecule has 2 amide bonds. The highest BCUT2D eigenvalue weighted by Gasteiger charge is 2.25. The molecule has 0 spiro atoms. The number of fused-ring (bicyclic) bond motifs is 1. The molecule has 0 saturated heterocycles. The first-order chi connectivity index (χ1) is 12.0. The van der Waals surface area contributed by atoms with Crippen molar-refractivity contribution < 1.29 is 19.1 Å². The van der Waals surface area contributed by atoms with E-state index in [4.69, 9.17) is 10.5 Å². The standard InChI is InChI=1S/C17H18N2O4S2/c1-9-6-7-12(24-9)17(22)23-8-13(20)19-16-14(15(18)21)10-4-2-3-5-11(10)25-16/h6-7H,2-5,8H2,1H3,(H2,18,21)(H,19,20). The Bertz CT molecular complexity index is 838. The molecular weight excluding hydrogens is 360 g/mol. The van der Waals surface area contributed by atoms with Crippen molar-refractivity contribution in [2.75, 3.05) is 11.9 Å². The third-order valence-corrected chi connectivity index (χ3v) is 6.13. The summed E-state index contributed by atoms with van der Waals surface area (Å²) in [7, 11) is 0. The number of nitrogens with one attached hydrogen (secondary N) is 1. The molecule has 1 aliphatic rings. The van der Waals surface area contributed by atoms with Crippen LogP contribution in [0.25, 0.3) is 0 Å². The lowest BCUT2D eigenvalue weighted by atomic mass is 9.95. The summed E-state index contributed by atoms with van der Waals surface area (Å²) in [6.07, 6.45) is 3.77. The lowest BCUT2D eigenvalue weighted by molar-refractivity contribution is -0.119. The van der Waals surface area contributed by atoms with Gasteiger partial charge in [0.25, 0.3) is 11.8 Å². The zero-order valence-electron chi connectivity index (χ0n) is 13.7. The third kappa shape index (κ3) is 3.91. The highest BCUT2D eigenvalue weighted by Crippen LogP contribution is 2.37. The van der Waals surface area contributed by atoms with Crippen LogP contribution in [0, 0.1) is 6.92 Å². The molecule has 25 heavy (non-hydrogen) atoms. The summed E-state index contributed by atoms with van der Waals surface area (Å²) in [4.78, 5) is 38.3. The van der Waals surface area contributed by atoms with E-state index in [0.717, 1.165) is 41.0 Å². The van der Waals surface area contributed by atoms with Gasteiger partial charge < -0.3 is 15.8 Å². The number of esters is 1. The van der Waals surface area contributed by atoms with Crippen LogP contribution < -0.4 is 11.1 Å². The van der Waals surface area contributed by atoms with Gasteiger partial charge in [0.15, 0.2) is 6.61 Å². The molecule has 0 fully saturated rings. The van der Waals surface area contributed by atoms with Crippen LogP contribution in [0.5, 0.6) is 0 Å². The smallest absolute Gasteiger partial charge is 0.348 e. The van der Waals surface area contributed by atoms with Crippen LogP contribution in [0.1, 0.15) is 48.2 Å². The predicted octanol–water partition coefficient (Wildman–Crippen LogP) is 2.89. The quantitative estimate of drug-likeness (QED) is 0.782. The Kier molecular flexibility index (Phi) is 5.19. The number of rotatable bonds is 5. The molecule has 0 bridgehead atoms. The molecule has 0 atom stereocenters. The molecule has 0 aliphatic heterocycles. The first-order valence-corrected chi connectivity index (χ1v) is 9.56. The van der Waals surface area contributed by atoms with Crippen molar-refractivity contribution in [2.24, 2.45) is 5.73 Å². The van der Waals surface area contributed by atoms with E-state index < -0.39 is 24.4 Å². The van der Waals surface area contributed by atoms with Gasteiger partial charge in [-0.25, -0.2) is 4.79 Å². The van der Waals surface area contributed by atoms with E-state index in [2.05, 4.69) is 5.32 Å². The van der Waals surface area contributed by atoms with E-state index in [1.54, 1.807) is 6.07 Å². The van der Waals surface area contributed by atoms with E-state index in [1.807, 2.05) is 13.0 Å². The largest absolute Gasteiger partial charge is 0.451 e. The molecule has 0 saturated carbocycles. The molecule has 0 radical (unpaired) electrons. The topological polar surface area (TPSA) is 98.5 Å². The van der Waals surface area contributed by atoms with Gasteiger partial charge in [0.2, 0.25) is 0 Å². The van der Waals surface area contributed by atoms with Crippen molar-refractivity contribution in [1.82, 2.24) is 0 Å². The number of anilines is 1. The molecule has 0 aromatic carbocycles. The van der Waals surface area contributed by atoms with Crippen LogP contribution in [0.2, 0.25) is 0 Å². The number of hydrogen-bond donors (Lipinski definition) is 2. The zero-order valence-corrected chi connectivity index (χ0v) is 15.4. The predicted molar refractivity (Wildman–Crippen MR) is 97.4 cm³/mol. The summed E-state index contributed by atoms with van der Waals surface area (Å²) in [5, 5.41) is 3.12. The fourth-order valence-corrected chi connectivity index (χ4v) is 4.90. The van der Waals surface area contributed by atoms with Crippen LogP contribution in [0.15, 0.2) is 12.1 Å². The van der Waals surface area contributed by atoms with E-state index in [9.17, 15) is 14.4 Å². The zero-order chi connectivity index (χ0) is 18.0. The summed E-state index contributed by atoms with van der Waals surface area (Å²) in [5.74, 6) is -1.56. The van der Waals surface area contributed by atoms with E-state index >= 15 is 0 Å². The van der Waals surface area contributed by atoms with E-state index in [0.29, 0.717) is 15.4 Å². The SMILES string of the molecule is Cc1ccc(C(=O)OCC(=O)Nc2sc3c(c2C(N)=O)CCCC3)s1. The molecule has 2 aromatic heterocycles. The lowest BCUT2D eigenvalue weighted by Gasteiger charge is -2.11. The summed E-state index contributed by atoms with van der Waals surface area (Å²) in [6.45, 7) is 1.48. The molecule has 2 heterocycles.